The predicted octanol–water partition coefficient (Wildman–Crippen LogP) is 3.42. The summed E-state index contributed by atoms with van der Waals surface area (Å²) in [6.07, 6.45) is 0. The molecule has 4 aromatic rings. The summed E-state index contributed by atoms with van der Waals surface area (Å²) in [5.41, 5.74) is 1.27. The monoisotopic (exact) mass is 352 g/mol. The second-order valence-corrected chi connectivity index (χ2v) is 9.12. The summed E-state index contributed by atoms with van der Waals surface area (Å²) in [5.74, 6) is 0. The lowest BCUT2D eigenvalue weighted by Gasteiger charge is -2.22. The van der Waals surface area contributed by atoms with Gasteiger partial charge in [-0.25, -0.2) is 0 Å². The van der Waals surface area contributed by atoms with E-state index in [-0.39, 0.29) is 0 Å². The summed E-state index contributed by atoms with van der Waals surface area (Å²) in [4.78, 5) is 2.20. The summed E-state index contributed by atoms with van der Waals surface area (Å²) in [6.45, 7) is 0. The highest BCUT2D eigenvalue weighted by Gasteiger charge is 2.22. The van der Waals surface area contributed by atoms with Crippen molar-refractivity contribution in [1.82, 2.24) is 0 Å². The largest absolute Gasteiger partial charge is 0.377 e. The first kappa shape index (κ1) is 16.6. The van der Waals surface area contributed by atoms with Gasteiger partial charge in [-0.15, -0.1) is 0 Å². The van der Waals surface area contributed by atoms with Crippen molar-refractivity contribution < 1.29 is 0 Å². The Kier molecular flexibility index (Phi) is 4.59. The van der Waals surface area contributed by atoms with Crippen molar-refractivity contribution in [2.45, 2.75) is 0 Å². The van der Waals surface area contributed by atoms with E-state index in [1.165, 1.54) is 32.0 Å². The Bertz CT molecular complexity index is 970. The molecule has 4 rings (SSSR count). The second-order valence-electron chi connectivity index (χ2n) is 6.68. The van der Waals surface area contributed by atoms with Crippen LogP contribution >= 0.6 is 0 Å². The number of anilines is 1. The van der Waals surface area contributed by atoms with Crippen LogP contribution in [0.4, 0.5) is 5.69 Å². The van der Waals surface area contributed by atoms with Crippen LogP contribution in [0.5, 0.6) is 0 Å². The lowest BCUT2D eigenvalue weighted by Crippen LogP contribution is -2.52. The first-order valence-electron chi connectivity index (χ1n) is 8.93. The topological polar surface area (TPSA) is 3.24 Å². The smallest absolute Gasteiger partial charge is 0.155 e. The van der Waals surface area contributed by atoms with Gasteiger partial charge in [0.05, 0.1) is 0 Å². The molecule has 26 heavy (non-hydrogen) atoms. The van der Waals surface area contributed by atoms with Crippen molar-refractivity contribution in [3.05, 3.63) is 97.1 Å². The molecule has 127 valence electrons. The summed E-state index contributed by atoms with van der Waals surface area (Å²) in [6, 6.07) is 35.3. The van der Waals surface area contributed by atoms with Crippen LogP contribution in [-0.2, 0) is 0 Å². The van der Waals surface area contributed by atoms with E-state index in [2.05, 4.69) is 116 Å². The highest BCUT2D eigenvalue weighted by atomic mass is 28.3. The lowest BCUT2D eigenvalue weighted by molar-refractivity contribution is 1.14. The maximum absolute atomic E-state index is 2.34. The number of rotatable bonds is 4. The Morgan fingerprint density at radius 3 is 1.58 bits per heavy atom. The van der Waals surface area contributed by atoms with Gasteiger partial charge in [0.1, 0.15) is 0 Å². The highest BCUT2D eigenvalue weighted by Crippen LogP contribution is 2.24. The molecular weight excluding hydrogens is 330 g/mol. The molecule has 0 atom stereocenters. The van der Waals surface area contributed by atoms with Crippen molar-refractivity contribution >= 4 is 40.8 Å². The third-order valence-electron chi connectivity index (χ3n) is 4.78. The highest BCUT2D eigenvalue weighted by molar-refractivity contribution is 6.96. The molecule has 0 N–H and O–H groups in total. The normalized spacial score (nSPS) is 11.0. The van der Waals surface area contributed by atoms with Crippen LogP contribution in [0.25, 0.3) is 10.8 Å². The van der Waals surface area contributed by atoms with Gasteiger partial charge in [-0.2, -0.15) is 0 Å². The molecule has 0 aliphatic heterocycles. The minimum absolute atomic E-state index is 1.06. The number of fused-ring (bicyclic) bond motifs is 1. The predicted molar refractivity (Wildman–Crippen MR) is 116 cm³/mol. The van der Waals surface area contributed by atoms with Gasteiger partial charge in [-0.3, -0.25) is 0 Å². The van der Waals surface area contributed by atoms with Crippen LogP contribution in [0.3, 0.4) is 0 Å². The van der Waals surface area contributed by atoms with Gasteiger partial charge in [-0.1, -0.05) is 101 Å². The zero-order valence-electron chi connectivity index (χ0n) is 15.2. The van der Waals surface area contributed by atoms with Gasteiger partial charge in [0.2, 0.25) is 0 Å². The zero-order chi connectivity index (χ0) is 17.9. The minimum atomic E-state index is -1.06. The second kappa shape index (κ2) is 7.18. The van der Waals surface area contributed by atoms with Crippen molar-refractivity contribution in [3.8, 4) is 0 Å². The van der Waals surface area contributed by atoms with E-state index in [9.17, 15) is 0 Å². The van der Waals surface area contributed by atoms with Crippen molar-refractivity contribution in [3.63, 3.8) is 0 Å². The molecule has 0 unspecified atom stereocenters. The molecule has 0 saturated carbocycles. The van der Waals surface area contributed by atoms with E-state index in [0.29, 0.717) is 0 Å². The van der Waals surface area contributed by atoms with E-state index >= 15 is 0 Å². The Labute approximate surface area is 157 Å². The Morgan fingerprint density at radius 1 is 0.538 bits per heavy atom. The number of hydrogen-bond acceptors (Lipinski definition) is 1. The molecule has 2 heteroatoms. The quantitative estimate of drug-likeness (QED) is 0.402. The van der Waals surface area contributed by atoms with E-state index in [4.69, 9.17) is 0 Å². The lowest BCUT2D eigenvalue weighted by atomic mass is 10.1. The summed E-state index contributed by atoms with van der Waals surface area (Å²) in [7, 11) is 3.16. The molecule has 0 saturated heterocycles. The van der Waals surface area contributed by atoms with Gasteiger partial charge in [0.15, 0.2) is 8.80 Å². The average Bonchev–Trinajstić information content (AvgIpc) is 2.70. The number of nitrogens with zero attached hydrogens (tertiary/aromatic N) is 1. The average molecular weight is 353 g/mol. The molecule has 0 aliphatic rings. The van der Waals surface area contributed by atoms with E-state index in [1.807, 2.05) is 0 Å². The SMILES string of the molecule is CN(C)c1ccc([Si](c2ccccc2)c2ccccc2)c2ccccc12. The van der Waals surface area contributed by atoms with E-state index in [0.717, 1.165) is 0 Å². The molecule has 0 amide bonds. The standard InChI is InChI=1S/C24H22NSi/c1-25(2)23-17-18-24(22-16-10-9-15-21(22)23)26(19-11-5-3-6-12-19)20-13-7-4-8-14-20/h3-18H,1-2H3. The zero-order valence-corrected chi connectivity index (χ0v) is 16.2. The van der Waals surface area contributed by atoms with E-state index < -0.39 is 8.80 Å². The molecule has 1 radical (unpaired) electrons. The van der Waals surface area contributed by atoms with Crippen LogP contribution in [0.2, 0.25) is 0 Å². The van der Waals surface area contributed by atoms with Gasteiger partial charge in [-0.05, 0) is 16.6 Å². The van der Waals surface area contributed by atoms with Crippen LogP contribution in [0, 0.1) is 0 Å². The van der Waals surface area contributed by atoms with Crippen LogP contribution in [-0.4, -0.2) is 22.9 Å². The van der Waals surface area contributed by atoms with Crippen LogP contribution < -0.4 is 20.5 Å². The van der Waals surface area contributed by atoms with Crippen LogP contribution in [0.1, 0.15) is 0 Å². The molecule has 0 heterocycles. The molecule has 1 nitrogen and oxygen atoms in total. The minimum Gasteiger partial charge on any atom is -0.377 e. The molecule has 0 spiro atoms. The fourth-order valence-electron chi connectivity index (χ4n) is 3.58. The van der Waals surface area contributed by atoms with Gasteiger partial charge < -0.3 is 4.90 Å². The van der Waals surface area contributed by atoms with Gasteiger partial charge in [0.25, 0.3) is 0 Å². The summed E-state index contributed by atoms with van der Waals surface area (Å²) >= 11 is 0. The van der Waals surface area contributed by atoms with Crippen molar-refractivity contribution in [2.75, 3.05) is 19.0 Å². The molecule has 0 aliphatic carbocycles. The van der Waals surface area contributed by atoms with E-state index in [1.54, 1.807) is 0 Å². The maximum atomic E-state index is 2.34. The molecular formula is C24H22NSi. The first-order chi connectivity index (χ1) is 12.8. The fourth-order valence-corrected chi connectivity index (χ4v) is 6.32. The van der Waals surface area contributed by atoms with Gasteiger partial charge in [0, 0.05) is 25.2 Å². The van der Waals surface area contributed by atoms with Crippen molar-refractivity contribution in [1.29, 1.82) is 0 Å². The fraction of sp³-hybridized carbons (Fsp3) is 0.0833. The van der Waals surface area contributed by atoms with Gasteiger partial charge >= 0.3 is 0 Å². The third kappa shape index (κ3) is 3.04. The Morgan fingerprint density at radius 2 is 1.04 bits per heavy atom. The first-order valence-corrected chi connectivity index (χ1v) is 10.4. The third-order valence-corrected chi connectivity index (χ3v) is 7.57. The summed E-state index contributed by atoms with van der Waals surface area (Å²) < 4.78 is 0. The summed E-state index contributed by atoms with van der Waals surface area (Å²) in [5, 5.41) is 6.98. The Hall–Kier alpha value is -2.84. The molecule has 0 bridgehead atoms. The number of benzene rings is 4. The maximum Gasteiger partial charge on any atom is 0.155 e. The van der Waals surface area contributed by atoms with Crippen LogP contribution in [0.15, 0.2) is 97.1 Å². The number of hydrogen-bond donors (Lipinski definition) is 0. The van der Waals surface area contributed by atoms with Crippen molar-refractivity contribution in [2.24, 2.45) is 0 Å². The molecule has 0 aromatic heterocycles. The molecule has 0 fully saturated rings. The molecule has 4 aromatic carbocycles. The Balaban J connectivity index is 2.00.